The third-order valence-electron chi connectivity index (χ3n) is 23.1. The maximum Gasteiger partial charge on any atom is 0.316 e. The van der Waals surface area contributed by atoms with Gasteiger partial charge in [0.25, 0.3) is 0 Å². The first-order chi connectivity index (χ1) is 44.6. The van der Waals surface area contributed by atoms with Crippen LogP contribution in [0.1, 0.15) is 103 Å². The van der Waals surface area contributed by atoms with E-state index >= 15 is 4.79 Å². The summed E-state index contributed by atoms with van der Waals surface area (Å²) >= 11 is 15.9. The van der Waals surface area contributed by atoms with Crippen LogP contribution in [0.25, 0.3) is 0 Å². The van der Waals surface area contributed by atoms with Gasteiger partial charge in [0.1, 0.15) is 111 Å². The average Bonchev–Trinajstić information content (AvgIpc) is 1.57. The summed E-state index contributed by atoms with van der Waals surface area (Å²) in [5, 5.41) is 20.7. The molecule has 6 fully saturated rings. The van der Waals surface area contributed by atoms with Crippen LogP contribution in [-0.2, 0) is 39.9 Å². The highest BCUT2D eigenvalue weighted by Gasteiger charge is 2.57. The number of halogens is 6. The molecule has 18 nitrogen and oxygen atoms in total. The Kier molecular flexibility index (Phi) is 27.5. The second-order valence-electron chi connectivity index (χ2n) is 28.3. The molecule has 0 aliphatic carbocycles. The van der Waals surface area contributed by atoms with E-state index in [4.69, 9.17) is 4.33 Å². The number of nitrogens with zero attached hydrogens (tertiary/aromatic N) is 6. The Morgan fingerprint density at radius 3 is 1.78 bits per heavy atom. The van der Waals surface area contributed by atoms with Crippen LogP contribution in [0.4, 0.5) is 11.4 Å². The number of carbonyl (C=O) groups is 2. The second kappa shape index (κ2) is 33.7. The molecule has 93 heavy (non-hydrogen) atoms. The predicted molar refractivity (Wildman–Crippen MR) is 419 cm³/mol. The molecule has 26 heteroatoms. The van der Waals surface area contributed by atoms with Crippen molar-refractivity contribution in [2.45, 2.75) is 102 Å². The van der Waals surface area contributed by atoms with Crippen LogP contribution in [0.15, 0.2) is 60.4 Å². The summed E-state index contributed by atoms with van der Waals surface area (Å²) in [6.45, 7) is 34.9. The van der Waals surface area contributed by atoms with Gasteiger partial charge in [-0.2, -0.15) is 4.58 Å². The van der Waals surface area contributed by atoms with Gasteiger partial charge in [0.15, 0.2) is 5.71 Å². The summed E-state index contributed by atoms with van der Waals surface area (Å²) in [4.78, 5) is 34.1. The molecule has 3 unspecified atom stereocenters. The van der Waals surface area contributed by atoms with Gasteiger partial charge >= 0.3 is 11.8 Å². The number of carbonyl (C=O) groups excluding carboxylic acids is 2. The zero-order valence-electron chi connectivity index (χ0n) is 54.7. The molecule has 10 rings (SSSR count). The minimum absolute atomic E-state index is 0.302. The number of allylic oxidation sites excluding steroid dienone is 8. The second-order valence-corrected chi connectivity index (χ2v) is 37.1. The summed E-state index contributed by atoms with van der Waals surface area (Å²) in [7, 11) is -4.30. The van der Waals surface area contributed by atoms with Crippen LogP contribution in [0, 0.1) is 27.3 Å². The third-order valence-corrected chi connectivity index (χ3v) is 34.6. The molecule has 2 aromatic carbocycles. The number of hydrogen-bond acceptors (Lipinski definition) is 12. The van der Waals surface area contributed by atoms with Gasteiger partial charge in [-0.1, -0.05) is 68.0 Å². The quantitative estimate of drug-likeness (QED) is 0.00625. The lowest BCUT2D eigenvalue weighted by Gasteiger charge is -2.52. The highest BCUT2D eigenvalue weighted by molar-refractivity contribution is 14.1. The van der Waals surface area contributed by atoms with Gasteiger partial charge in [0.05, 0.1) is 82.9 Å². The largest absolute Gasteiger partial charge is 0.748 e. The number of quaternary nitrogens is 6. The molecule has 0 saturated carbocycles. The fourth-order valence-corrected chi connectivity index (χ4v) is 23.5. The Morgan fingerprint density at radius 2 is 1.22 bits per heavy atom. The van der Waals surface area contributed by atoms with Crippen molar-refractivity contribution in [2.24, 2.45) is 5.92 Å². The van der Waals surface area contributed by atoms with Gasteiger partial charge in [-0.25, -0.2) is 23.3 Å². The highest BCUT2D eigenvalue weighted by Crippen LogP contribution is 2.57. The minimum Gasteiger partial charge on any atom is -0.748 e. The van der Waals surface area contributed by atoms with E-state index in [0.29, 0.717) is 43.5 Å². The third kappa shape index (κ3) is 17.6. The van der Waals surface area contributed by atoms with E-state index < -0.39 is 15.5 Å². The summed E-state index contributed by atoms with van der Waals surface area (Å²) < 4.78 is 54.5. The topological polar surface area (TPSA) is 169 Å². The summed E-state index contributed by atoms with van der Waals surface area (Å²) in [5.41, 5.74) is 5.81. The monoisotopic (exact) mass is 2000 g/mol. The lowest BCUT2D eigenvalue weighted by atomic mass is 9.68. The van der Waals surface area contributed by atoms with Gasteiger partial charge < -0.3 is 38.0 Å². The van der Waals surface area contributed by atoms with E-state index in [2.05, 4.69) is 236 Å². The van der Waals surface area contributed by atoms with Gasteiger partial charge in [-0.15, -0.1) is 4.33 Å². The SMILES string of the molecule is CCCCC(C(=O)[NH+]1CC[N+]2(CC1)CC[N+]1(CCNCC1)CC2)C1(C)/C(=C/C=C/C=C/C=C/C2=[N+](CCCCCS(=O)(=O)[O-])c3cc(I)c(I)c(I)c3C2(C)CCCCCC(=O)[NH+]2CC[N+]3(CC2)CC[N+]2(CCNCC2)CC3)N(CSOOO)c2cc(I)c(I)c(I)c21. The van der Waals surface area contributed by atoms with Crippen LogP contribution in [0.5, 0.6) is 0 Å². The van der Waals surface area contributed by atoms with Crippen LogP contribution in [0.3, 0.4) is 0 Å². The molecule has 6 saturated heterocycles. The molecule has 8 aliphatic rings. The van der Waals surface area contributed by atoms with Crippen molar-refractivity contribution in [3.05, 3.63) is 92.9 Å². The van der Waals surface area contributed by atoms with E-state index in [0.717, 1.165) is 175 Å². The molecule has 514 valence electrons. The summed E-state index contributed by atoms with van der Waals surface area (Å²) in [6.07, 6.45) is 23.6. The van der Waals surface area contributed by atoms with E-state index in [1.807, 2.05) is 0 Å². The van der Waals surface area contributed by atoms with Gasteiger partial charge in [-0.3, -0.25) is 9.80 Å². The number of benzene rings is 2. The van der Waals surface area contributed by atoms with Crippen molar-refractivity contribution in [2.75, 3.05) is 180 Å². The first-order valence-electron chi connectivity index (χ1n) is 34.2. The Hall–Kier alpha value is 0.410. The van der Waals surface area contributed by atoms with Crippen molar-refractivity contribution >= 4 is 187 Å². The Labute approximate surface area is 640 Å². The van der Waals surface area contributed by atoms with Crippen LogP contribution >= 0.6 is 148 Å². The van der Waals surface area contributed by atoms with E-state index in [1.165, 1.54) is 128 Å². The molecule has 3 atom stereocenters. The molecule has 4 spiro atoms. The number of piperazine rings is 6. The zero-order chi connectivity index (χ0) is 66.2. The molecule has 0 bridgehead atoms. The number of anilines is 1. The maximum absolute atomic E-state index is 15.7. The Balaban J connectivity index is 0.879. The standard InChI is InChI=1S/C67H97I6N10O8S2/c1-4-5-17-51(65(85)77-29-37-83(38-30-77)45-41-81(42-46-83)33-24-75-25-34-81)67(3)57(79(50-92-91-90-86)55-49-53(69)62(71)64(73)60(55)67)19-12-8-6-7-11-18-56-66(2,59-54(48-52(68)61(70)63(59)72)78(56)26-15-10-16-47-93(87,88)89)21-14-9-13-20-58(84)76-27-35-82(36-28-76)43-39-80(40-44-82)31-22-74-23-32-80/h6-8,11-12,18-19,48-49,51,74-75H,4-5,9-10,13-17,20-47,50H2,1-3H3/q+3/p+3. The molecule has 8 heterocycles. The molecule has 2 amide bonds. The lowest BCUT2D eigenvalue weighted by Crippen LogP contribution is -3.19. The summed E-state index contributed by atoms with van der Waals surface area (Å²) in [5.74, 6) is 0.353. The molecule has 0 radical (unpaired) electrons. The first-order valence-corrected chi connectivity index (χ1v) is 43.1. The van der Waals surface area contributed by atoms with E-state index in [1.54, 1.807) is 0 Å². The van der Waals surface area contributed by atoms with Crippen molar-refractivity contribution in [1.29, 1.82) is 0 Å². The molecule has 5 N–H and O–H groups in total. The fraction of sp³-hybridized carbons (Fsp3) is 0.657. The fourth-order valence-electron chi connectivity index (χ4n) is 17.1. The smallest absolute Gasteiger partial charge is 0.316 e. The van der Waals surface area contributed by atoms with Crippen LogP contribution in [-0.4, -0.2) is 234 Å². The highest BCUT2D eigenvalue weighted by atomic mass is 127. The predicted octanol–water partition coefficient (Wildman–Crippen LogP) is 7.85. The van der Waals surface area contributed by atoms with Crippen LogP contribution in [0.2, 0.25) is 0 Å². The number of fused-ring (bicyclic) bond motifs is 2. The zero-order valence-corrected chi connectivity index (χ0v) is 69.3. The van der Waals surface area contributed by atoms with Crippen molar-refractivity contribution in [3.8, 4) is 0 Å². The molecular weight excluding hydrogens is 1900 g/mol. The molecule has 0 aromatic heterocycles. The first kappa shape index (κ1) is 76.1. The van der Waals surface area contributed by atoms with E-state index in [9.17, 15) is 23.0 Å². The number of hydrogen-bond donors (Lipinski definition) is 5. The minimum atomic E-state index is -4.30. The number of rotatable bonds is 25. The van der Waals surface area contributed by atoms with Gasteiger partial charge in [0.2, 0.25) is 5.69 Å². The van der Waals surface area contributed by atoms with Gasteiger partial charge in [0, 0.05) is 88.9 Å². The van der Waals surface area contributed by atoms with Crippen molar-refractivity contribution < 1.29 is 69.5 Å². The normalized spacial score (nSPS) is 25.5. The Morgan fingerprint density at radius 1 is 0.688 bits per heavy atom. The maximum atomic E-state index is 15.7. The Bertz CT molecular complexity index is 3270. The lowest BCUT2D eigenvalue weighted by molar-refractivity contribution is -1.06. The number of unbranched alkanes of at least 4 members (excludes halogenated alkanes) is 5. The average molecular weight is 2000 g/mol. The van der Waals surface area contributed by atoms with Crippen LogP contribution < -0.4 is 25.3 Å². The number of nitrogens with one attached hydrogen (secondary N) is 4. The van der Waals surface area contributed by atoms with Crippen molar-refractivity contribution in [3.63, 3.8) is 0 Å². The summed E-state index contributed by atoms with van der Waals surface area (Å²) in [6, 6.07) is 4.54. The van der Waals surface area contributed by atoms with Gasteiger partial charge in [-0.05, 0) is 194 Å². The van der Waals surface area contributed by atoms with E-state index in [-0.39, 0.29) is 17.1 Å². The molecular formula is C67H100I6N10O8S2+6. The molecule has 2 aromatic rings. The van der Waals surface area contributed by atoms with Crippen molar-refractivity contribution in [1.82, 2.24) is 10.6 Å². The number of amides is 2. The molecule has 8 aliphatic heterocycles.